The van der Waals surface area contributed by atoms with Gasteiger partial charge in [0.25, 0.3) is 0 Å². The van der Waals surface area contributed by atoms with E-state index < -0.39 is 0 Å². The SMILES string of the molecule is CCCCN(CCCC)c1ccc(C)c(C)c1. The number of rotatable bonds is 7. The van der Waals surface area contributed by atoms with Crippen LogP contribution in [0.5, 0.6) is 0 Å². The van der Waals surface area contributed by atoms with Gasteiger partial charge < -0.3 is 4.90 Å². The van der Waals surface area contributed by atoms with Crippen LogP contribution in [-0.4, -0.2) is 13.1 Å². The largest absolute Gasteiger partial charge is 0.372 e. The molecule has 0 fully saturated rings. The summed E-state index contributed by atoms with van der Waals surface area (Å²) < 4.78 is 0. The lowest BCUT2D eigenvalue weighted by atomic mass is 10.1. The summed E-state index contributed by atoms with van der Waals surface area (Å²) in [7, 11) is 0. The van der Waals surface area contributed by atoms with Gasteiger partial charge in [-0.2, -0.15) is 0 Å². The Bertz CT molecular complexity index is 322. The Morgan fingerprint density at radius 3 is 1.94 bits per heavy atom. The molecule has 0 spiro atoms. The van der Waals surface area contributed by atoms with Crippen molar-refractivity contribution < 1.29 is 0 Å². The number of anilines is 1. The van der Waals surface area contributed by atoms with Gasteiger partial charge in [-0.1, -0.05) is 32.8 Å². The molecule has 17 heavy (non-hydrogen) atoms. The highest BCUT2D eigenvalue weighted by Gasteiger charge is 2.06. The summed E-state index contributed by atoms with van der Waals surface area (Å²) in [6, 6.07) is 6.85. The first-order valence-corrected chi connectivity index (χ1v) is 7.01. The lowest BCUT2D eigenvalue weighted by molar-refractivity contribution is 0.678. The normalized spacial score (nSPS) is 10.6. The Balaban J connectivity index is 2.75. The summed E-state index contributed by atoms with van der Waals surface area (Å²) in [6.07, 6.45) is 5.12. The molecular formula is C16H27N. The molecule has 0 aliphatic rings. The van der Waals surface area contributed by atoms with Crippen molar-refractivity contribution in [2.75, 3.05) is 18.0 Å². The average molecular weight is 233 g/mol. The summed E-state index contributed by atoms with van der Waals surface area (Å²) in [6.45, 7) is 11.3. The fraction of sp³-hybridized carbons (Fsp3) is 0.625. The molecule has 0 aromatic heterocycles. The van der Waals surface area contributed by atoms with Crippen LogP contribution in [-0.2, 0) is 0 Å². The first-order chi connectivity index (χ1) is 8.19. The molecule has 0 unspecified atom stereocenters. The summed E-state index contributed by atoms with van der Waals surface area (Å²) >= 11 is 0. The van der Waals surface area contributed by atoms with Gasteiger partial charge in [0.2, 0.25) is 0 Å². The average Bonchev–Trinajstić information content (AvgIpc) is 2.33. The third-order valence-corrected chi connectivity index (χ3v) is 3.42. The number of unbranched alkanes of at least 4 members (excludes halogenated alkanes) is 2. The van der Waals surface area contributed by atoms with Crippen molar-refractivity contribution in [1.29, 1.82) is 0 Å². The van der Waals surface area contributed by atoms with Crippen molar-refractivity contribution in [2.24, 2.45) is 0 Å². The molecule has 0 heterocycles. The highest BCUT2D eigenvalue weighted by Crippen LogP contribution is 2.19. The van der Waals surface area contributed by atoms with E-state index in [4.69, 9.17) is 0 Å². The molecule has 0 saturated heterocycles. The molecule has 0 aliphatic heterocycles. The van der Waals surface area contributed by atoms with Gasteiger partial charge in [-0.05, 0) is 49.9 Å². The number of aryl methyl sites for hydroxylation is 2. The van der Waals surface area contributed by atoms with Crippen molar-refractivity contribution >= 4 is 5.69 Å². The van der Waals surface area contributed by atoms with Gasteiger partial charge in [0.1, 0.15) is 0 Å². The number of nitrogens with zero attached hydrogens (tertiary/aromatic N) is 1. The molecule has 0 N–H and O–H groups in total. The van der Waals surface area contributed by atoms with Crippen LogP contribution < -0.4 is 4.90 Å². The fourth-order valence-electron chi connectivity index (χ4n) is 1.99. The molecule has 1 nitrogen and oxygen atoms in total. The van der Waals surface area contributed by atoms with Crippen LogP contribution in [0.4, 0.5) is 5.69 Å². The molecule has 0 radical (unpaired) electrons. The minimum absolute atomic E-state index is 1.19. The minimum Gasteiger partial charge on any atom is -0.372 e. The minimum atomic E-state index is 1.19. The van der Waals surface area contributed by atoms with Gasteiger partial charge in [0, 0.05) is 18.8 Å². The Hall–Kier alpha value is -0.980. The van der Waals surface area contributed by atoms with Crippen LogP contribution in [0.3, 0.4) is 0 Å². The van der Waals surface area contributed by atoms with Crippen molar-refractivity contribution in [3.8, 4) is 0 Å². The molecule has 0 bridgehead atoms. The van der Waals surface area contributed by atoms with E-state index in [2.05, 4.69) is 50.8 Å². The van der Waals surface area contributed by atoms with E-state index in [9.17, 15) is 0 Å². The second-order valence-corrected chi connectivity index (χ2v) is 4.96. The first-order valence-electron chi connectivity index (χ1n) is 7.01. The summed E-state index contributed by atoms with van der Waals surface area (Å²) in [5, 5.41) is 0. The molecule has 1 rings (SSSR count). The van der Waals surface area contributed by atoms with E-state index in [1.165, 1.54) is 55.6 Å². The molecule has 0 atom stereocenters. The second kappa shape index (κ2) is 7.37. The number of hydrogen-bond donors (Lipinski definition) is 0. The van der Waals surface area contributed by atoms with E-state index in [1.807, 2.05) is 0 Å². The Labute approximate surface area is 107 Å². The quantitative estimate of drug-likeness (QED) is 0.659. The van der Waals surface area contributed by atoms with Gasteiger partial charge in [-0.15, -0.1) is 0 Å². The highest BCUT2D eigenvalue weighted by atomic mass is 15.1. The third kappa shape index (κ3) is 4.41. The molecule has 0 aliphatic carbocycles. The van der Waals surface area contributed by atoms with Crippen molar-refractivity contribution in [2.45, 2.75) is 53.4 Å². The topological polar surface area (TPSA) is 3.24 Å². The zero-order valence-electron chi connectivity index (χ0n) is 11.9. The van der Waals surface area contributed by atoms with Crippen LogP contribution in [0.1, 0.15) is 50.7 Å². The maximum atomic E-state index is 2.54. The lowest BCUT2D eigenvalue weighted by Gasteiger charge is -2.25. The summed E-state index contributed by atoms with van der Waals surface area (Å²) in [4.78, 5) is 2.54. The van der Waals surface area contributed by atoms with Crippen LogP contribution in [0.15, 0.2) is 18.2 Å². The Morgan fingerprint density at radius 1 is 0.882 bits per heavy atom. The van der Waals surface area contributed by atoms with Gasteiger partial charge in [0.05, 0.1) is 0 Å². The molecule has 1 heteroatoms. The van der Waals surface area contributed by atoms with Gasteiger partial charge in [0.15, 0.2) is 0 Å². The summed E-state index contributed by atoms with van der Waals surface area (Å²) in [5.41, 5.74) is 4.19. The van der Waals surface area contributed by atoms with E-state index in [-0.39, 0.29) is 0 Å². The van der Waals surface area contributed by atoms with Crippen molar-refractivity contribution in [3.05, 3.63) is 29.3 Å². The van der Waals surface area contributed by atoms with E-state index in [0.29, 0.717) is 0 Å². The molecular weight excluding hydrogens is 206 g/mol. The van der Waals surface area contributed by atoms with Gasteiger partial charge in [-0.25, -0.2) is 0 Å². The monoisotopic (exact) mass is 233 g/mol. The van der Waals surface area contributed by atoms with Crippen LogP contribution in [0.2, 0.25) is 0 Å². The lowest BCUT2D eigenvalue weighted by Crippen LogP contribution is -2.25. The number of hydrogen-bond acceptors (Lipinski definition) is 1. The maximum Gasteiger partial charge on any atom is 0.0369 e. The van der Waals surface area contributed by atoms with Crippen molar-refractivity contribution in [1.82, 2.24) is 0 Å². The molecule has 1 aromatic rings. The van der Waals surface area contributed by atoms with Crippen LogP contribution in [0.25, 0.3) is 0 Å². The Morgan fingerprint density at radius 2 is 1.47 bits per heavy atom. The van der Waals surface area contributed by atoms with E-state index in [0.717, 1.165) is 0 Å². The highest BCUT2D eigenvalue weighted by molar-refractivity contribution is 5.50. The van der Waals surface area contributed by atoms with Crippen molar-refractivity contribution in [3.63, 3.8) is 0 Å². The zero-order valence-corrected chi connectivity index (χ0v) is 11.9. The molecule has 0 saturated carbocycles. The zero-order chi connectivity index (χ0) is 12.7. The first kappa shape index (κ1) is 14.1. The van der Waals surface area contributed by atoms with E-state index in [1.54, 1.807) is 0 Å². The van der Waals surface area contributed by atoms with Gasteiger partial charge >= 0.3 is 0 Å². The fourth-order valence-corrected chi connectivity index (χ4v) is 1.99. The molecule has 1 aromatic carbocycles. The van der Waals surface area contributed by atoms with Crippen LogP contribution in [0, 0.1) is 13.8 Å². The van der Waals surface area contributed by atoms with Crippen LogP contribution >= 0.6 is 0 Å². The molecule has 0 amide bonds. The predicted molar refractivity (Wildman–Crippen MR) is 77.9 cm³/mol. The molecule has 96 valence electrons. The van der Waals surface area contributed by atoms with E-state index >= 15 is 0 Å². The number of benzene rings is 1. The van der Waals surface area contributed by atoms with Gasteiger partial charge in [-0.3, -0.25) is 0 Å². The second-order valence-electron chi connectivity index (χ2n) is 4.96. The predicted octanol–water partition coefficient (Wildman–Crippen LogP) is 4.71. The summed E-state index contributed by atoms with van der Waals surface area (Å²) in [5.74, 6) is 0. The maximum absolute atomic E-state index is 2.54. The Kier molecular flexibility index (Phi) is 6.10. The standard InChI is InChI=1S/C16H27N/c1-5-7-11-17(12-8-6-2)16-10-9-14(3)15(4)13-16/h9-10,13H,5-8,11-12H2,1-4H3. The third-order valence-electron chi connectivity index (χ3n) is 3.42. The smallest absolute Gasteiger partial charge is 0.0369 e.